The monoisotopic (exact) mass is 251 g/mol. The third-order valence-electron chi connectivity index (χ3n) is 3.25. The maximum atomic E-state index is 4.52. The van der Waals surface area contributed by atoms with Gasteiger partial charge in [0, 0.05) is 11.6 Å². The Morgan fingerprint density at radius 2 is 1.95 bits per heavy atom. The van der Waals surface area contributed by atoms with Crippen LogP contribution in [0.1, 0.15) is 12.8 Å². The van der Waals surface area contributed by atoms with E-state index in [-0.39, 0.29) is 0 Å². The summed E-state index contributed by atoms with van der Waals surface area (Å²) in [6, 6.07) is 10.6. The van der Waals surface area contributed by atoms with E-state index in [4.69, 9.17) is 0 Å². The second kappa shape index (κ2) is 4.05. The van der Waals surface area contributed by atoms with E-state index in [1.165, 1.54) is 12.8 Å². The number of benzene rings is 1. The number of nitrogens with zero attached hydrogens (tertiary/aromatic N) is 3. The lowest BCUT2D eigenvalue weighted by atomic mass is 10.2. The van der Waals surface area contributed by atoms with Gasteiger partial charge in [-0.05, 0) is 12.8 Å². The fourth-order valence-electron chi connectivity index (χ4n) is 2.09. The number of aromatic amines is 1. The largest absolute Gasteiger partial charge is 0.365 e. The Hall–Kier alpha value is -2.43. The van der Waals surface area contributed by atoms with Crippen LogP contribution in [0.2, 0.25) is 0 Å². The molecule has 0 aliphatic heterocycles. The van der Waals surface area contributed by atoms with Gasteiger partial charge < -0.3 is 10.3 Å². The number of nitrogens with one attached hydrogen (secondary N) is 2. The van der Waals surface area contributed by atoms with Crippen molar-refractivity contribution in [3.63, 3.8) is 0 Å². The van der Waals surface area contributed by atoms with Crippen LogP contribution in [0.4, 0.5) is 5.82 Å². The number of imidazole rings is 1. The van der Waals surface area contributed by atoms with Crippen molar-refractivity contribution in [2.75, 3.05) is 5.32 Å². The molecule has 1 fully saturated rings. The van der Waals surface area contributed by atoms with Gasteiger partial charge >= 0.3 is 0 Å². The van der Waals surface area contributed by atoms with Crippen LogP contribution in [0.5, 0.6) is 0 Å². The number of anilines is 1. The molecule has 0 radical (unpaired) electrons. The van der Waals surface area contributed by atoms with Gasteiger partial charge in [0.1, 0.15) is 17.7 Å². The number of H-pyrrole nitrogens is 1. The average Bonchev–Trinajstić information content (AvgIpc) is 3.16. The molecule has 1 aromatic carbocycles. The molecule has 1 aliphatic rings. The lowest BCUT2D eigenvalue weighted by molar-refractivity contribution is 1.10. The van der Waals surface area contributed by atoms with Gasteiger partial charge in [0.15, 0.2) is 11.5 Å². The highest BCUT2D eigenvalue weighted by Crippen LogP contribution is 2.28. The highest BCUT2D eigenvalue weighted by Gasteiger charge is 2.23. The Balaban J connectivity index is 1.82. The molecule has 5 nitrogen and oxygen atoms in total. The van der Waals surface area contributed by atoms with Crippen molar-refractivity contribution < 1.29 is 0 Å². The van der Waals surface area contributed by atoms with E-state index < -0.39 is 0 Å². The van der Waals surface area contributed by atoms with Crippen LogP contribution in [0.25, 0.3) is 22.6 Å². The summed E-state index contributed by atoms with van der Waals surface area (Å²) in [5.74, 6) is 1.68. The van der Waals surface area contributed by atoms with E-state index in [2.05, 4.69) is 25.3 Å². The van der Waals surface area contributed by atoms with Crippen LogP contribution in [-0.4, -0.2) is 26.0 Å². The Morgan fingerprint density at radius 3 is 2.74 bits per heavy atom. The van der Waals surface area contributed by atoms with Gasteiger partial charge in [-0.15, -0.1) is 0 Å². The molecule has 19 heavy (non-hydrogen) atoms. The first-order valence-corrected chi connectivity index (χ1v) is 6.43. The smallest absolute Gasteiger partial charge is 0.183 e. The van der Waals surface area contributed by atoms with Crippen LogP contribution < -0.4 is 5.32 Å². The standard InChI is InChI=1S/C14H13N5/c1-2-4-9(5-3-1)12-18-11-13(17-10-6-7-10)15-8-16-14(11)19-12/h1-5,8,10H,6-7H2,(H2,15,16,17,18,19). The topological polar surface area (TPSA) is 66.5 Å². The maximum absolute atomic E-state index is 4.52. The molecule has 1 saturated carbocycles. The molecule has 2 heterocycles. The number of rotatable bonds is 3. The maximum Gasteiger partial charge on any atom is 0.183 e. The Bertz CT molecular complexity index is 715. The van der Waals surface area contributed by atoms with Crippen molar-refractivity contribution in [2.45, 2.75) is 18.9 Å². The molecule has 0 atom stereocenters. The second-order valence-electron chi connectivity index (χ2n) is 4.79. The molecule has 4 rings (SSSR count). The lowest BCUT2D eigenvalue weighted by Crippen LogP contribution is -2.03. The van der Waals surface area contributed by atoms with Crippen LogP contribution >= 0.6 is 0 Å². The summed E-state index contributed by atoms with van der Waals surface area (Å²) in [6.07, 6.45) is 3.99. The van der Waals surface area contributed by atoms with Gasteiger partial charge in [-0.3, -0.25) is 0 Å². The summed E-state index contributed by atoms with van der Waals surface area (Å²) in [7, 11) is 0. The Morgan fingerprint density at radius 1 is 1.11 bits per heavy atom. The van der Waals surface area contributed by atoms with Gasteiger partial charge in [-0.2, -0.15) is 0 Å². The molecule has 0 spiro atoms. The third-order valence-corrected chi connectivity index (χ3v) is 3.25. The fraction of sp³-hybridized carbons (Fsp3) is 0.214. The molecular weight excluding hydrogens is 238 g/mol. The average molecular weight is 251 g/mol. The molecular formula is C14H13N5. The minimum absolute atomic E-state index is 0.557. The summed E-state index contributed by atoms with van der Waals surface area (Å²) >= 11 is 0. The van der Waals surface area contributed by atoms with Crippen molar-refractivity contribution in [2.24, 2.45) is 0 Å². The normalized spacial score (nSPS) is 14.7. The summed E-state index contributed by atoms with van der Waals surface area (Å²) in [4.78, 5) is 16.4. The fourth-order valence-corrected chi connectivity index (χ4v) is 2.09. The summed E-state index contributed by atoms with van der Waals surface area (Å²) in [5, 5.41) is 3.40. The Kier molecular flexibility index (Phi) is 2.24. The van der Waals surface area contributed by atoms with E-state index in [1.807, 2.05) is 30.3 Å². The molecule has 5 heteroatoms. The van der Waals surface area contributed by atoms with Gasteiger partial charge in [0.05, 0.1) is 0 Å². The predicted octanol–water partition coefficient (Wildman–Crippen LogP) is 2.59. The Labute approximate surface area is 110 Å². The number of aromatic nitrogens is 4. The quantitative estimate of drug-likeness (QED) is 0.751. The first-order valence-electron chi connectivity index (χ1n) is 6.43. The number of hydrogen-bond acceptors (Lipinski definition) is 4. The molecule has 2 N–H and O–H groups in total. The zero-order valence-electron chi connectivity index (χ0n) is 10.3. The lowest BCUT2D eigenvalue weighted by Gasteiger charge is -2.02. The van der Waals surface area contributed by atoms with Crippen LogP contribution in [0, 0.1) is 0 Å². The number of fused-ring (bicyclic) bond motifs is 1. The summed E-state index contributed by atoms with van der Waals surface area (Å²) in [5.41, 5.74) is 2.64. The molecule has 0 bridgehead atoms. The number of hydrogen-bond donors (Lipinski definition) is 2. The van der Waals surface area contributed by atoms with Gasteiger partial charge in [-0.1, -0.05) is 30.3 Å². The van der Waals surface area contributed by atoms with E-state index in [9.17, 15) is 0 Å². The van der Waals surface area contributed by atoms with Crippen LogP contribution in [-0.2, 0) is 0 Å². The SMILES string of the molecule is c1ccc(-c2nc3ncnc(NC4CC4)c3[nH]2)cc1. The zero-order chi connectivity index (χ0) is 12.7. The van der Waals surface area contributed by atoms with E-state index in [0.717, 1.165) is 22.7 Å². The molecule has 1 aliphatic carbocycles. The highest BCUT2D eigenvalue weighted by atomic mass is 15.1. The minimum atomic E-state index is 0.557. The second-order valence-corrected chi connectivity index (χ2v) is 4.79. The van der Waals surface area contributed by atoms with Crippen molar-refractivity contribution >= 4 is 17.0 Å². The van der Waals surface area contributed by atoms with Crippen LogP contribution in [0.3, 0.4) is 0 Å². The van der Waals surface area contributed by atoms with Gasteiger partial charge in [0.2, 0.25) is 0 Å². The van der Waals surface area contributed by atoms with Crippen molar-refractivity contribution in [3.05, 3.63) is 36.7 Å². The van der Waals surface area contributed by atoms with Crippen molar-refractivity contribution in [1.82, 2.24) is 19.9 Å². The molecule has 0 saturated heterocycles. The highest BCUT2D eigenvalue weighted by molar-refractivity contribution is 5.85. The van der Waals surface area contributed by atoms with Crippen molar-refractivity contribution in [1.29, 1.82) is 0 Å². The van der Waals surface area contributed by atoms with Crippen LogP contribution in [0.15, 0.2) is 36.7 Å². The first kappa shape index (κ1) is 10.5. The van der Waals surface area contributed by atoms with Gasteiger partial charge in [0.25, 0.3) is 0 Å². The van der Waals surface area contributed by atoms with E-state index in [1.54, 1.807) is 6.33 Å². The predicted molar refractivity (Wildman–Crippen MR) is 73.8 cm³/mol. The van der Waals surface area contributed by atoms with E-state index in [0.29, 0.717) is 11.7 Å². The summed E-state index contributed by atoms with van der Waals surface area (Å²) < 4.78 is 0. The molecule has 0 amide bonds. The molecule has 2 aromatic heterocycles. The molecule has 94 valence electrons. The third kappa shape index (κ3) is 1.93. The van der Waals surface area contributed by atoms with Crippen molar-refractivity contribution in [3.8, 4) is 11.4 Å². The zero-order valence-corrected chi connectivity index (χ0v) is 10.3. The molecule has 0 unspecified atom stereocenters. The minimum Gasteiger partial charge on any atom is -0.365 e. The van der Waals surface area contributed by atoms with E-state index >= 15 is 0 Å². The first-order chi connectivity index (χ1) is 9.40. The summed E-state index contributed by atoms with van der Waals surface area (Å²) in [6.45, 7) is 0. The molecule has 3 aromatic rings. The van der Waals surface area contributed by atoms with Gasteiger partial charge in [-0.25, -0.2) is 15.0 Å².